The summed E-state index contributed by atoms with van der Waals surface area (Å²) >= 11 is 8.98. The Morgan fingerprint density at radius 3 is 2.55 bits per heavy atom. The van der Waals surface area contributed by atoms with E-state index in [2.05, 4.69) is 20.9 Å². The zero-order chi connectivity index (χ0) is 15.9. The van der Waals surface area contributed by atoms with Crippen molar-refractivity contribution in [3.63, 3.8) is 0 Å². The number of aromatic nitrogens is 2. The highest BCUT2D eigenvalue weighted by molar-refractivity contribution is 9.10. The van der Waals surface area contributed by atoms with Crippen molar-refractivity contribution in [2.24, 2.45) is 0 Å². The molecule has 0 aliphatic carbocycles. The van der Waals surface area contributed by atoms with Gasteiger partial charge in [-0.15, -0.1) is 0 Å². The van der Waals surface area contributed by atoms with E-state index in [1.165, 1.54) is 6.07 Å². The van der Waals surface area contributed by atoms with Crippen molar-refractivity contribution in [2.75, 3.05) is 0 Å². The van der Waals surface area contributed by atoms with Gasteiger partial charge in [0.25, 0.3) is 5.56 Å². The molecule has 3 aromatic rings. The zero-order valence-corrected chi connectivity index (χ0v) is 13.4. The smallest absolute Gasteiger partial charge is 0.307 e. The van der Waals surface area contributed by atoms with Crippen molar-refractivity contribution in [3.05, 3.63) is 78.1 Å². The molecule has 0 fully saturated rings. The molecule has 3 rings (SSSR count). The van der Waals surface area contributed by atoms with Crippen LogP contribution in [0.3, 0.4) is 0 Å². The normalized spacial score (nSPS) is 11.0. The van der Waals surface area contributed by atoms with E-state index in [9.17, 15) is 14.0 Å². The van der Waals surface area contributed by atoms with Gasteiger partial charge in [0.15, 0.2) is 0 Å². The van der Waals surface area contributed by atoms with E-state index in [0.717, 1.165) is 20.7 Å². The molecule has 1 N–H and O–H groups in total. The highest BCUT2D eigenvalue weighted by atomic mass is 79.9. The standard InChI is InChI=1S/C15H9BrClFN2O2/c16-9-3-1-8(2-4-9)7-20-14(21)10-5-12(18)11(17)6-13(10)19-15(20)22/h1-6H,7H2,(H,19,22). The maximum Gasteiger partial charge on any atom is 0.329 e. The van der Waals surface area contributed by atoms with Crippen LogP contribution in [-0.2, 0) is 6.54 Å². The van der Waals surface area contributed by atoms with Crippen LogP contribution in [0.25, 0.3) is 10.9 Å². The summed E-state index contributed by atoms with van der Waals surface area (Å²) in [5.41, 5.74) is -0.127. The van der Waals surface area contributed by atoms with Crippen LogP contribution in [-0.4, -0.2) is 9.55 Å². The molecule has 1 aromatic heterocycles. The van der Waals surface area contributed by atoms with Gasteiger partial charge in [-0.2, -0.15) is 0 Å². The second-order valence-corrected chi connectivity index (χ2v) is 6.08. The third-order valence-electron chi connectivity index (χ3n) is 3.28. The van der Waals surface area contributed by atoms with Gasteiger partial charge in [-0.1, -0.05) is 39.7 Å². The van der Waals surface area contributed by atoms with Crippen LogP contribution in [0.1, 0.15) is 5.56 Å². The minimum atomic E-state index is -0.700. The fourth-order valence-electron chi connectivity index (χ4n) is 2.16. The first-order valence-electron chi connectivity index (χ1n) is 6.32. The van der Waals surface area contributed by atoms with Gasteiger partial charge in [-0.3, -0.25) is 9.36 Å². The molecule has 1 heterocycles. The van der Waals surface area contributed by atoms with Crippen LogP contribution < -0.4 is 11.2 Å². The number of rotatable bonds is 2. The molecule has 0 unspecified atom stereocenters. The first-order chi connectivity index (χ1) is 10.5. The molecule has 0 atom stereocenters. The Labute approximate surface area is 137 Å². The minimum absolute atomic E-state index is 0.0820. The van der Waals surface area contributed by atoms with Gasteiger partial charge in [0, 0.05) is 4.47 Å². The van der Waals surface area contributed by atoms with E-state index in [-0.39, 0.29) is 22.5 Å². The summed E-state index contributed by atoms with van der Waals surface area (Å²) in [7, 11) is 0. The summed E-state index contributed by atoms with van der Waals surface area (Å²) in [5, 5.41) is -0.0631. The van der Waals surface area contributed by atoms with Gasteiger partial charge in [0.2, 0.25) is 0 Å². The van der Waals surface area contributed by atoms with Gasteiger partial charge in [0.1, 0.15) is 5.82 Å². The minimum Gasteiger partial charge on any atom is -0.307 e. The molecule has 2 aromatic carbocycles. The molecule has 0 amide bonds. The summed E-state index contributed by atoms with van der Waals surface area (Å²) in [4.78, 5) is 27.0. The van der Waals surface area contributed by atoms with Gasteiger partial charge >= 0.3 is 5.69 Å². The molecule has 0 aliphatic heterocycles. The van der Waals surface area contributed by atoms with Crippen LogP contribution in [0.2, 0.25) is 5.02 Å². The van der Waals surface area contributed by atoms with Crippen molar-refractivity contribution in [1.82, 2.24) is 9.55 Å². The lowest BCUT2D eigenvalue weighted by molar-refractivity contribution is 0.629. The molecular weight excluding hydrogens is 375 g/mol. The predicted octanol–water partition coefficient (Wildman–Crippen LogP) is 3.29. The van der Waals surface area contributed by atoms with E-state index in [4.69, 9.17) is 11.6 Å². The highest BCUT2D eigenvalue weighted by Gasteiger charge is 2.11. The lowest BCUT2D eigenvalue weighted by Gasteiger charge is -2.07. The lowest BCUT2D eigenvalue weighted by atomic mass is 10.2. The van der Waals surface area contributed by atoms with Gasteiger partial charge < -0.3 is 4.98 Å². The topological polar surface area (TPSA) is 54.9 Å². The average molecular weight is 384 g/mol. The van der Waals surface area contributed by atoms with Crippen molar-refractivity contribution >= 4 is 38.4 Å². The summed E-state index contributed by atoms with van der Waals surface area (Å²) in [6, 6.07) is 9.49. The molecule has 0 saturated carbocycles. The van der Waals surface area contributed by atoms with Crippen LogP contribution >= 0.6 is 27.5 Å². The predicted molar refractivity (Wildman–Crippen MR) is 87.0 cm³/mol. The fraction of sp³-hybridized carbons (Fsp3) is 0.0667. The van der Waals surface area contributed by atoms with E-state index in [0.29, 0.717) is 0 Å². The van der Waals surface area contributed by atoms with Crippen molar-refractivity contribution in [2.45, 2.75) is 6.54 Å². The first kappa shape index (κ1) is 15.0. The number of fused-ring (bicyclic) bond motifs is 1. The number of hydrogen-bond donors (Lipinski definition) is 1. The van der Waals surface area contributed by atoms with Gasteiger partial charge in [0.05, 0.1) is 22.5 Å². The summed E-state index contributed by atoms with van der Waals surface area (Å²) in [5.74, 6) is -0.700. The monoisotopic (exact) mass is 382 g/mol. The first-order valence-corrected chi connectivity index (χ1v) is 7.49. The number of benzene rings is 2. The fourth-order valence-corrected chi connectivity index (χ4v) is 2.59. The summed E-state index contributed by atoms with van der Waals surface area (Å²) < 4.78 is 15.5. The van der Waals surface area contributed by atoms with E-state index < -0.39 is 17.1 Å². The molecule has 22 heavy (non-hydrogen) atoms. The number of halogens is 3. The van der Waals surface area contributed by atoms with Crippen LogP contribution in [0.4, 0.5) is 4.39 Å². The molecule has 0 aliphatic rings. The van der Waals surface area contributed by atoms with Crippen molar-refractivity contribution in [1.29, 1.82) is 0 Å². The Hall–Kier alpha value is -1.92. The average Bonchev–Trinajstić information content (AvgIpc) is 2.48. The highest BCUT2D eigenvalue weighted by Crippen LogP contribution is 2.18. The molecule has 0 saturated heterocycles. The Morgan fingerprint density at radius 1 is 1.18 bits per heavy atom. The van der Waals surface area contributed by atoms with E-state index >= 15 is 0 Å². The molecule has 0 radical (unpaired) electrons. The summed E-state index contributed by atoms with van der Waals surface area (Å²) in [6.45, 7) is 0.0988. The molecule has 112 valence electrons. The van der Waals surface area contributed by atoms with Crippen molar-refractivity contribution < 1.29 is 4.39 Å². The molecule has 4 nitrogen and oxygen atoms in total. The number of H-pyrrole nitrogens is 1. The Bertz CT molecular complexity index is 980. The van der Waals surface area contributed by atoms with Crippen LogP contribution in [0.15, 0.2) is 50.5 Å². The zero-order valence-electron chi connectivity index (χ0n) is 11.1. The molecule has 0 spiro atoms. The number of aromatic amines is 1. The van der Waals surface area contributed by atoms with E-state index in [1.807, 2.05) is 12.1 Å². The molecule has 0 bridgehead atoms. The van der Waals surface area contributed by atoms with E-state index in [1.54, 1.807) is 12.1 Å². The lowest BCUT2D eigenvalue weighted by Crippen LogP contribution is -2.35. The van der Waals surface area contributed by atoms with Crippen LogP contribution in [0.5, 0.6) is 0 Å². The Morgan fingerprint density at radius 2 is 1.86 bits per heavy atom. The SMILES string of the molecule is O=c1[nH]c2cc(Cl)c(F)cc2c(=O)n1Cc1ccc(Br)cc1. The van der Waals surface area contributed by atoms with Gasteiger partial charge in [-0.05, 0) is 29.8 Å². The number of hydrogen-bond acceptors (Lipinski definition) is 2. The second-order valence-electron chi connectivity index (χ2n) is 4.76. The third kappa shape index (κ3) is 2.71. The largest absolute Gasteiger partial charge is 0.329 e. The maximum absolute atomic E-state index is 13.6. The second kappa shape index (κ2) is 5.70. The van der Waals surface area contributed by atoms with Gasteiger partial charge in [-0.25, -0.2) is 9.18 Å². The Kier molecular flexibility index (Phi) is 3.88. The molecular formula is C15H9BrClFN2O2. The molecule has 7 heteroatoms. The number of nitrogens with one attached hydrogen (secondary N) is 1. The maximum atomic E-state index is 13.6. The Balaban J connectivity index is 2.18. The number of nitrogens with zero attached hydrogens (tertiary/aromatic N) is 1. The quantitative estimate of drug-likeness (QED) is 0.738. The third-order valence-corrected chi connectivity index (χ3v) is 4.10. The van der Waals surface area contributed by atoms with Crippen molar-refractivity contribution in [3.8, 4) is 0 Å². The van der Waals surface area contributed by atoms with Crippen LogP contribution in [0, 0.1) is 5.82 Å². The summed E-state index contributed by atoms with van der Waals surface area (Å²) in [6.07, 6.45) is 0.